The minimum absolute atomic E-state index is 0.142. The summed E-state index contributed by atoms with van der Waals surface area (Å²) in [5.41, 5.74) is 6.16. The van der Waals surface area contributed by atoms with Crippen molar-refractivity contribution in [1.82, 2.24) is 4.31 Å². The van der Waals surface area contributed by atoms with Crippen LogP contribution in [-0.4, -0.2) is 37.5 Å². The molecule has 122 valence electrons. The molecule has 0 spiro atoms. The van der Waals surface area contributed by atoms with Crippen LogP contribution >= 0.6 is 11.6 Å². The summed E-state index contributed by atoms with van der Waals surface area (Å²) in [4.78, 5) is 4.38. The number of hydrogen-bond donors (Lipinski definition) is 1. The number of nitrogens with zero attached hydrogens (tertiary/aromatic N) is 2. The molecule has 0 bridgehead atoms. The van der Waals surface area contributed by atoms with Crippen molar-refractivity contribution < 1.29 is 8.42 Å². The summed E-state index contributed by atoms with van der Waals surface area (Å²) < 4.78 is 27.0. The highest BCUT2D eigenvalue weighted by atomic mass is 35.5. The highest BCUT2D eigenvalue weighted by molar-refractivity contribution is 7.89. The van der Waals surface area contributed by atoms with E-state index < -0.39 is 10.0 Å². The van der Waals surface area contributed by atoms with Gasteiger partial charge in [-0.1, -0.05) is 13.8 Å². The van der Waals surface area contributed by atoms with Gasteiger partial charge in [-0.3, -0.25) is 0 Å². The van der Waals surface area contributed by atoms with Crippen LogP contribution < -0.4 is 5.73 Å². The van der Waals surface area contributed by atoms with Gasteiger partial charge in [0.15, 0.2) is 0 Å². The topological polar surface area (TPSA) is 75.8 Å². The fraction of sp³-hybridized carbons (Fsp3) is 0.533. The Hall–Kier alpha value is -1.11. The van der Waals surface area contributed by atoms with Crippen molar-refractivity contribution in [1.29, 1.82) is 0 Å². The van der Waals surface area contributed by atoms with E-state index in [2.05, 4.69) is 18.8 Å². The summed E-state index contributed by atoms with van der Waals surface area (Å²) in [7, 11) is -3.45. The van der Waals surface area contributed by atoms with Gasteiger partial charge >= 0.3 is 0 Å². The maximum absolute atomic E-state index is 12.7. The normalized spacial score (nSPS) is 24.4. The zero-order valence-electron chi connectivity index (χ0n) is 12.9. The van der Waals surface area contributed by atoms with Crippen LogP contribution in [0.25, 0.3) is 0 Å². The Kier molecular flexibility index (Phi) is 5.47. The molecule has 0 aromatic heterocycles. The molecule has 1 aromatic carbocycles. The molecule has 0 aliphatic carbocycles. The van der Waals surface area contributed by atoms with E-state index in [1.807, 2.05) is 0 Å². The molecule has 1 fully saturated rings. The first-order valence-corrected chi connectivity index (χ1v) is 9.29. The Morgan fingerprint density at radius 3 is 2.32 bits per heavy atom. The second-order valence-electron chi connectivity index (χ2n) is 6.00. The molecule has 1 aromatic rings. The largest absolute Gasteiger partial charge is 0.386 e. The van der Waals surface area contributed by atoms with Crippen LogP contribution in [0.1, 0.15) is 20.3 Å². The first-order chi connectivity index (χ1) is 10.3. The van der Waals surface area contributed by atoms with Crippen LogP contribution in [0, 0.1) is 11.8 Å². The molecular weight excluding hydrogens is 322 g/mol. The van der Waals surface area contributed by atoms with Gasteiger partial charge in [-0.2, -0.15) is 4.31 Å². The minimum atomic E-state index is -3.45. The van der Waals surface area contributed by atoms with Crippen LogP contribution in [0.15, 0.2) is 34.2 Å². The number of halogens is 1. The number of hydrogen-bond acceptors (Lipinski definition) is 3. The van der Waals surface area contributed by atoms with Crippen molar-refractivity contribution in [3.8, 4) is 0 Å². The average molecular weight is 344 g/mol. The predicted octanol–water partition coefficient (Wildman–Crippen LogP) is 2.58. The first kappa shape index (κ1) is 17.2. The van der Waals surface area contributed by atoms with E-state index in [4.69, 9.17) is 17.3 Å². The molecule has 1 saturated heterocycles. The fourth-order valence-corrected chi connectivity index (χ4v) is 4.58. The van der Waals surface area contributed by atoms with E-state index in [0.29, 0.717) is 36.4 Å². The molecule has 0 radical (unpaired) electrons. The van der Waals surface area contributed by atoms with Gasteiger partial charge in [0.25, 0.3) is 0 Å². The number of nitrogens with two attached hydrogens (primary N) is 1. The fourth-order valence-electron chi connectivity index (χ4n) is 2.84. The van der Waals surface area contributed by atoms with Crippen molar-refractivity contribution in [2.45, 2.75) is 25.2 Å². The Morgan fingerprint density at radius 2 is 1.82 bits per heavy atom. The lowest BCUT2D eigenvalue weighted by molar-refractivity contribution is 0.222. The molecule has 7 heteroatoms. The van der Waals surface area contributed by atoms with Gasteiger partial charge in [-0.25, -0.2) is 13.4 Å². The standard InChI is InChI=1S/C15H22ClN3O2S/c1-11-7-12(2)10-19(9-11)22(20,21)14-5-3-13(4-6-14)18-15(17)8-16/h3-6,11-12H,7-10H2,1-2H3,(H2,17,18). The third-order valence-electron chi connectivity index (χ3n) is 3.72. The maximum Gasteiger partial charge on any atom is 0.243 e. The maximum atomic E-state index is 12.7. The summed E-state index contributed by atoms with van der Waals surface area (Å²) >= 11 is 5.58. The average Bonchev–Trinajstić information content (AvgIpc) is 2.46. The summed E-state index contributed by atoms with van der Waals surface area (Å²) in [5, 5.41) is 0. The SMILES string of the molecule is CC1CC(C)CN(S(=O)(=O)c2ccc(N=C(N)CCl)cc2)C1. The van der Waals surface area contributed by atoms with Crippen LogP contribution in [0.2, 0.25) is 0 Å². The summed E-state index contributed by atoms with van der Waals surface area (Å²) in [6.45, 7) is 5.33. The van der Waals surface area contributed by atoms with Crippen molar-refractivity contribution in [3.63, 3.8) is 0 Å². The zero-order chi connectivity index (χ0) is 16.3. The molecular formula is C15H22ClN3O2S. The van der Waals surface area contributed by atoms with Gasteiger partial charge < -0.3 is 5.73 Å². The van der Waals surface area contributed by atoms with E-state index in [1.54, 1.807) is 28.6 Å². The number of sulfonamides is 1. The van der Waals surface area contributed by atoms with Crippen LogP contribution in [-0.2, 0) is 10.0 Å². The quantitative estimate of drug-likeness (QED) is 0.518. The van der Waals surface area contributed by atoms with E-state index >= 15 is 0 Å². The number of alkyl halides is 1. The molecule has 1 aliphatic rings. The number of benzene rings is 1. The highest BCUT2D eigenvalue weighted by Gasteiger charge is 2.31. The van der Waals surface area contributed by atoms with Crippen molar-refractivity contribution in [3.05, 3.63) is 24.3 Å². The third-order valence-corrected chi connectivity index (χ3v) is 5.84. The zero-order valence-corrected chi connectivity index (χ0v) is 14.4. The summed E-state index contributed by atoms with van der Waals surface area (Å²) in [6.07, 6.45) is 1.07. The molecule has 5 nitrogen and oxygen atoms in total. The molecule has 22 heavy (non-hydrogen) atoms. The van der Waals surface area contributed by atoms with Crippen molar-refractivity contribution in [2.75, 3.05) is 19.0 Å². The number of aliphatic imine (C=N–C) groups is 1. The molecule has 2 unspecified atom stereocenters. The molecule has 0 saturated carbocycles. The Labute approximate surface area is 137 Å². The minimum Gasteiger partial charge on any atom is -0.386 e. The molecule has 1 aliphatic heterocycles. The van der Waals surface area contributed by atoms with Gasteiger partial charge in [0.1, 0.15) is 5.84 Å². The van der Waals surface area contributed by atoms with E-state index in [0.717, 1.165) is 6.42 Å². The molecule has 0 amide bonds. The van der Waals surface area contributed by atoms with E-state index in [9.17, 15) is 8.42 Å². The molecule has 2 atom stereocenters. The van der Waals surface area contributed by atoms with Gasteiger partial charge in [0, 0.05) is 13.1 Å². The number of piperidine rings is 1. The van der Waals surface area contributed by atoms with Gasteiger partial charge in [0.05, 0.1) is 16.5 Å². The Bertz CT molecular complexity index is 633. The summed E-state index contributed by atoms with van der Waals surface area (Å²) in [6, 6.07) is 6.42. The van der Waals surface area contributed by atoms with Crippen LogP contribution in [0.4, 0.5) is 5.69 Å². The van der Waals surface area contributed by atoms with Gasteiger partial charge in [-0.15, -0.1) is 11.6 Å². The highest BCUT2D eigenvalue weighted by Crippen LogP contribution is 2.27. The van der Waals surface area contributed by atoms with E-state index in [1.165, 1.54) is 0 Å². The second kappa shape index (κ2) is 6.98. The van der Waals surface area contributed by atoms with Gasteiger partial charge in [-0.05, 0) is 42.5 Å². The van der Waals surface area contributed by atoms with Crippen LogP contribution in [0.3, 0.4) is 0 Å². The van der Waals surface area contributed by atoms with Gasteiger partial charge in [0.2, 0.25) is 10.0 Å². The van der Waals surface area contributed by atoms with Crippen LogP contribution in [0.5, 0.6) is 0 Å². The van der Waals surface area contributed by atoms with E-state index in [-0.39, 0.29) is 10.8 Å². The van der Waals surface area contributed by atoms with Crippen molar-refractivity contribution in [2.24, 2.45) is 22.6 Å². The number of amidine groups is 1. The lowest BCUT2D eigenvalue weighted by Crippen LogP contribution is -2.42. The van der Waals surface area contributed by atoms with Crippen molar-refractivity contribution >= 4 is 33.1 Å². The smallest absolute Gasteiger partial charge is 0.243 e. The Balaban J connectivity index is 2.23. The predicted molar refractivity (Wildman–Crippen MR) is 90.1 cm³/mol. The Morgan fingerprint density at radius 1 is 1.27 bits per heavy atom. The second-order valence-corrected chi connectivity index (χ2v) is 8.20. The lowest BCUT2D eigenvalue weighted by atomic mass is 9.94. The molecule has 2 rings (SSSR count). The lowest BCUT2D eigenvalue weighted by Gasteiger charge is -2.34. The number of rotatable bonds is 4. The molecule has 2 N–H and O–H groups in total. The molecule has 1 heterocycles. The summed E-state index contributed by atoms with van der Waals surface area (Å²) in [5.74, 6) is 1.21. The first-order valence-electron chi connectivity index (χ1n) is 7.32. The third kappa shape index (κ3) is 4.00. The monoisotopic (exact) mass is 343 g/mol.